The Morgan fingerprint density at radius 1 is 1.16 bits per heavy atom. The number of anilines is 3. The Kier molecular flexibility index (Phi) is 3.26. The summed E-state index contributed by atoms with van der Waals surface area (Å²) >= 11 is 0. The summed E-state index contributed by atoms with van der Waals surface area (Å²) in [5, 5.41) is 20.4. The molecular weight excluding hydrogens is 245 g/mol. The minimum atomic E-state index is -0.597. The van der Waals surface area contributed by atoms with Gasteiger partial charge in [0.2, 0.25) is 0 Å². The van der Waals surface area contributed by atoms with E-state index >= 15 is 0 Å². The molecule has 6 heteroatoms. The molecule has 1 aromatic carbocycles. The number of benzene rings is 1. The van der Waals surface area contributed by atoms with E-state index in [-0.39, 0.29) is 17.1 Å². The number of nitrogens with one attached hydrogen (secondary N) is 1. The first-order valence-corrected chi connectivity index (χ1v) is 5.27. The molecule has 2 aromatic rings. The molecule has 0 radical (unpaired) electrons. The van der Waals surface area contributed by atoms with Crippen molar-refractivity contribution in [3.63, 3.8) is 0 Å². The lowest BCUT2D eigenvalue weighted by atomic mass is 10.2. The van der Waals surface area contributed by atoms with Gasteiger partial charge in [0.1, 0.15) is 18.0 Å². The van der Waals surface area contributed by atoms with Crippen molar-refractivity contribution in [2.45, 2.75) is 0 Å². The lowest BCUT2D eigenvalue weighted by Crippen LogP contribution is -2.01. The maximum Gasteiger partial charge on any atom is 0.154 e. The van der Waals surface area contributed by atoms with Crippen LogP contribution >= 0.6 is 0 Å². The van der Waals surface area contributed by atoms with E-state index in [4.69, 9.17) is 16.3 Å². The first-order chi connectivity index (χ1) is 9.15. The van der Waals surface area contributed by atoms with Crippen LogP contribution < -0.4 is 11.1 Å². The van der Waals surface area contributed by atoms with E-state index in [0.29, 0.717) is 11.3 Å². The topological polar surface area (TPSA) is 98.5 Å². The molecule has 0 aliphatic rings. The third-order valence-corrected chi connectivity index (χ3v) is 2.46. The molecule has 0 atom stereocenters. The minimum absolute atomic E-state index is 0.0833. The van der Waals surface area contributed by atoms with Gasteiger partial charge in [-0.3, -0.25) is 0 Å². The normalized spacial score (nSPS) is 9.42. The molecule has 19 heavy (non-hydrogen) atoms. The Morgan fingerprint density at radius 2 is 1.89 bits per heavy atom. The largest absolute Gasteiger partial charge is 0.395 e. The predicted octanol–water partition coefficient (Wildman–Crippen LogP) is 2.29. The molecule has 0 bridgehead atoms. The quantitative estimate of drug-likeness (QED) is 0.855. The summed E-state index contributed by atoms with van der Waals surface area (Å²) in [7, 11) is 0. The number of nitrogen functional groups attached to an aromatic ring is 1. The third-order valence-electron chi connectivity index (χ3n) is 2.46. The lowest BCUT2D eigenvalue weighted by molar-refractivity contribution is 0.624. The van der Waals surface area contributed by atoms with Gasteiger partial charge >= 0.3 is 0 Å². The number of pyridine rings is 1. The number of hydrogen-bond donors (Lipinski definition) is 2. The Hall–Kier alpha value is -3.12. The fourth-order valence-corrected chi connectivity index (χ4v) is 1.50. The van der Waals surface area contributed by atoms with Gasteiger partial charge in [0.05, 0.1) is 16.8 Å². The lowest BCUT2D eigenvalue weighted by Gasteiger charge is -2.09. The van der Waals surface area contributed by atoms with Crippen LogP contribution in [0.15, 0.2) is 30.5 Å². The van der Waals surface area contributed by atoms with Gasteiger partial charge in [-0.05, 0) is 24.3 Å². The zero-order valence-corrected chi connectivity index (χ0v) is 9.68. The van der Waals surface area contributed by atoms with E-state index in [1.54, 1.807) is 6.07 Å². The highest BCUT2D eigenvalue weighted by molar-refractivity contribution is 5.74. The van der Waals surface area contributed by atoms with Crippen LogP contribution in [0.4, 0.5) is 21.6 Å². The highest BCUT2D eigenvalue weighted by Gasteiger charge is 2.08. The molecule has 2 rings (SSSR count). The molecule has 0 amide bonds. The van der Waals surface area contributed by atoms with E-state index < -0.39 is 5.82 Å². The highest BCUT2D eigenvalue weighted by Crippen LogP contribution is 2.24. The second kappa shape index (κ2) is 5.03. The van der Waals surface area contributed by atoms with E-state index in [1.807, 2.05) is 6.07 Å². The zero-order chi connectivity index (χ0) is 13.8. The van der Waals surface area contributed by atoms with Gasteiger partial charge in [-0.2, -0.15) is 10.5 Å². The monoisotopic (exact) mass is 253 g/mol. The van der Waals surface area contributed by atoms with Crippen LogP contribution in [0, 0.1) is 28.5 Å². The predicted molar refractivity (Wildman–Crippen MR) is 67.8 cm³/mol. The van der Waals surface area contributed by atoms with Gasteiger partial charge in [0.15, 0.2) is 5.82 Å². The molecule has 3 N–H and O–H groups in total. The van der Waals surface area contributed by atoms with Gasteiger partial charge in [0.25, 0.3) is 0 Å². The van der Waals surface area contributed by atoms with Crippen molar-refractivity contribution >= 4 is 17.2 Å². The SMILES string of the molecule is N#Cc1cc(Nc2nccc(C#N)c2N)ccc1F. The molecule has 0 aliphatic carbocycles. The van der Waals surface area contributed by atoms with Crippen molar-refractivity contribution in [3.8, 4) is 12.1 Å². The first-order valence-electron chi connectivity index (χ1n) is 5.27. The summed E-state index contributed by atoms with van der Waals surface area (Å²) in [4.78, 5) is 4.00. The van der Waals surface area contributed by atoms with Gasteiger partial charge in [-0.1, -0.05) is 0 Å². The number of nitriles is 2. The number of nitrogens with zero attached hydrogens (tertiary/aromatic N) is 3. The molecule has 0 saturated heterocycles. The molecule has 0 spiro atoms. The van der Waals surface area contributed by atoms with Crippen LogP contribution in [0.1, 0.15) is 11.1 Å². The summed E-state index contributed by atoms with van der Waals surface area (Å²) < 4.78 is 13.2. The number of halogens is 1. The Labute approximate surface area is 108 Å². The van der Waals surface area contributed by atoms with Crippen molar-refractivity contribution in [2.24, 2.45) is 0 Å². The number of aromatic nitrogens is 1. The summed E-state index contributed by atoms with van der Waals surface area (Å²) in [6.07, 6.45) is 1.44. The first kappa shape index (κ1) is 12.3. The van der Waals surface area contributed by atoms with Crippen molar-refractivity contribution in [2.75, 3.05) is 11.1 Å². The third kappa shape index (κ3) is 2.43. The Balaban J connectivity index is 2.38. The van der Waals surface area contributed by atoms with Gasteiger partial charge in [-0.25, -0.2) is 9.37 Å². The van der Waals surface area contributed by atoms with E-state index in [1.165, 1.54) is 30.5 Å². The average Bonchev–Trinajstić information content (AvgIpc) is 2.43. The molecular formula is C13H8FN5. The van der Waals surface area contributed by atoms with Crippen molar-refractivity contribution in [1.29, 1.82) is 10.5 Å². The Morgan fingerprint density at radius 3 is 2.58 bits per heavy atom. The standard InChI is InChI=1S/C13H8FN5/c14-11-2-1-10(5-9(11)7-16)19-13-12(17)8(6-15)3-4-18-13/h1-5H,17H2,(H,18,19). The van der Waals surface area contributed by atoms with Crippen LogP contribution in [0.5, 0.6) is 0 Å². The summed E-state index contributed by atoms with van der Waals surface area (Å²) in [5.74, 6) is -0.311. The maximum absolute atomic E-state index is 13.2. The minimum Gasteiger partial charge on any atom is -0.395 e. The van der Waals surface area contributed by atoms with Gasteiger partial charge in [-0.15, -0.1) is 0 Å². The smallest absolute Gasteiger partial charge is 0.154 e. The second-order valence-corrected chi connectivity index (χ2v) is 3.66. The van der Waals surface area contributed by atoms with Crippen molar-refractivity contribution in [3.05, 3.63) is 47.4 Å². The van der Waals surface area contributed by atoms with Crippen LogP contribution in [0.3, 0.4) is 0 Å². The molecule has 5 nitrogen and oxygen atoms in total. The molecule has 0 aliphatic heterocycles. The maximum atomic E-state index is 13.2. The molecule has 0 saturated carbocycles. The van der Waals surface area contributed by atoms with Crippen molar-refractivity contribution in [1.82, 2.24) is 4.98 Å². The summed E-state index contributed by atoms with van der Waals surface area (Å²) in [6, 6.07) is 9.14. The van der Waals surface area contributed by atoms with Gasteiger partial charge in [0, 0.05) is 11.9 Å². The number of hydrogen-bond acceptors (Lipinski definition) is 5. The van der Waals surface area contributed by atoms with Crippen LogP contribution in [0.2, 0.25) is 0 Å². The van der Waals surface area contributed by atoms with E-state index in [9.17, 15) is 4.39 Å². The number of rotatable bonds is 2. The zero-order valence-electron chi connectivity index (χ0n) is 9.68. The van der Waals surface area contributed by atoms with E-state index in [2.05, 4.69) is 10.3 Å². The average molecular weight is 253 g/mol. The highest BCUT2D eigenvalue weighted by atomic mass is 19.1. The van der Waals surface area contributed by atoms with Crippen LogP contribution in [-0.2, 0) is 0 Å². The molecule has 0 fully saturated rings. The molecule has 1 heterocycles. The van der Waals surface area contributed by atoms with Crippen molar-refractivity contribution < 1.29 is 4.39 Å². The second-order valence-electron chi connectivity index (χ2n) is 3.66. The van der Waals surface area contributed by atoms with Gasteiger partial charge < -0.3 is 11.1 Å². The molecule has 0 unspecified atom stereocenters. The molecule has 1 aromatic heterocycles. The summed E-state index contributed by atoms with van der Waals surface area (Å²) in [5.41, 5.74) is 6.63. The Bertz CT molecular complexity index is 712. The fourth-order valence-electron chi connectivity index (χ4n) is 1.50. The van der Waals surface area contributed by atoms with Crippen LogP contribution in [0.25, 0.3) is 0 Å². The van der Waals surface area contributed by atoms with Crippen LogP contribution in [-0.4, -0.2) is 4.98 Å². The number of nitrogens with two attached hydrogens (primary N) is 1. The molecule has 92 valence electrons. The van der Waals surface area contributed by atoms with E-state index in [0.717, 1.165) is 0 Å². The fraction of sp³-hybridized carbons (Fsp3) is 0. The summed E-state index contributed by atoms with van der Waals surface area (Å²) in [6.45, 7) is 0.